The molecule has 5 rings (SSSR count). The number of ether oxygens (including phenoxy) is 2. The number of pyridine rings is 2. The molecule has 0 unspecified atom stereocenters. The van der Waals surface area contributed by atoms with E-state index >= 15 is 0 Å². The third kappa shape index (κ3) is 8.65. The largest absolute Gasteiger partial charge is 0.478 e. The zero-order valence-electron chi connectivity index (χ0n) is 26.8. The van der Waals surface area contributed by atoms with Gasteiger partial charge in [-0.15, -0.1) is 0 Å². The quantitative estimate of drug-likeness (QED) is 0.182. The lowest BCUT2D eigenvalue weighted by molar-refractivity contribution is -0.156. The fourth-order valence-corrected chi connectivity index (χ4v) is 5.77. The standard InChI is InChI=1S/C34H42F3N5O4/c1-33(2,3)46-30(43)16-21-10-13-42(14-11-21)12-5-15-45-29-9-6-22(19-40-29)24-17-25-28(18-27(24)34(35,36)37)39-20-26(31(25)38-4)32(44)41-23-7-8-23/h6,9,17-21,23H,5,7-8,10-16H2,1-4H3,(H,38,39)(H,41,44). The lowest BCUT2D eigenvalue weighted by Gasteiger charge is -2.32. The molecule has 3 heterocycles. The number of halogens is 3. The van der Waals surface area contributed by atoms with Gasteiger partial charge in [-0.1, -0.05) is 0 Å². The van der Waals surface area contributed by atoms with Crippen molar-refractivity contribution >= 4 is 28.5 Å². The molecule has 0 bridgehead atoms. The summed E-state index contributed by atoms with van der Waals surface area (Å²) in [6.07, 6.45) is 2.97. The van der Waals surface area contributed by atoms with Crippen LogP contribution in [0.15, 0.2) is 36.7 Å². The van der Waals surface area contributed by atoms with Crippen LogP contribution in [0.25, 0.3) is 22.0 Å². The van der Waals surface area contributed by atoms with Crippen LogP contribution in [0.2, 0.25) is 0 Å². The highest BCUT2D eigenvalue weighted by atomic mass is 19.4. The lowest BCUT2D eigenvalue weighted by Crippen LogP contribution is -2.36. The number of alkyl halides is 3. The first-order valence-electron chi connectivity index (χ1n) is 15.9. The highest BCUT2D eigenvalue weighted by Gasteiger charge is 2.35. The van der Waals surface area contributed by atoms with E-state index in [4.69, 9.17) is 9.47 Å². The van der Waals surface area contributed by atoms with Gasteiger partial charge in [0.1, 0.15) is 5.60 Å². The number of anilines is 1. The number of rotatable bonds is 11. The maximum absolute atomic E-state index is 14.2. The second-order valence-corrected chi connectivity index (χ2v) is 13.1. The van der Waals surface area contributed by atoms with Crippen LogP contribution in [0.4, 0.5) is 18.9 Å². The SMILES string of the molecule is CNc1c(C(=O)NC2CC2)cnc2cc(C(F)(F)F)c(-c3ccc(OCCCN4CCC(CC(=O)OC(C)(C)C)CC4)nc3)cc12. The van der Waals surface area contributed by atoms with Crippen LogP contribution >= 0.6 is 0 Å². The Morgan fingerprint density at radius 3 is 2.37 bits per heavy atom. The summed E-state index contributed by atoms with van der Waals surface area (Å²) in [6, 6.07) is 5.68. The molecule has 0 radical (unpaired) electrons. The lowest BCUT2D eigenvalue weighted by atomic mass is 9.93. The molecule has 248 valence electrons. The molecule has 2 aliphatic rings. The predicted octanol–water partition coefficient (Wildman–Crippen LogP) is 6.46. The van der Waals surface area contributed by atoms with Crippen LogP contribution in [0.3, 0.4) is 0 Å². The van der Waals surface area contributed by atoms with Crippen LogP contribution in [-0.4, -0.2) is 71.7 Å². The van der Waals surface area contributed by atoms with Crippen LogP contribution in [0, 0.1) is 5.92 Å². The maximum atomic E-state index is 14.2. The topological polar surface area (TPSA) is 106 Å². The van der Waals surface area contributed by atoms with Gasteiger partial charge >= 0.3 is 12.1 Å². The Bertz CT molecular complexity index is 1540. The summed E-state index contributed by atoms with van der Waals surface area (Å²) in [5.74, 6) is 0.204. The monoisotopic (exact) mass is 641 g/mol. The van der Waals surface area contributed by atoms with E-state index in [1.165, 1.54) is 18.5 Å². The van der Waals surface area contributed by atoms with E-state index in [2.05, 4.69) is 25.5 Å². The summed E-state index contributed by atoms with van der Waals surface area (Å²) in [4.78, 5) is 35.8. The number of benzene rings is 1. The number of piperidine rings is 1. The number of fused-ring (bicyclic) bond motifs is 1. The molecule has 0 atom stereocenters. The number of likely N-dealkylation sites (tertiary alicyclic amines) is 1. The second-order valence-electron chi connectivity index (χ2n) is 13.1. The molecule has 1 aliphatic carbocycles. The van der Waals surface area contributed by atoms with Crippen LogP contribution in [0.5, 0.6) is 5.88 Å². The van der Waals surface area contributed by atoms with Crippen molar-refractivity contribution < 1.29 is 32.2 Å². The highest BCUT2D eigenvalue weighted by Crippen LogP contribution is 2.41. The summed E-state index contributed by atoms with van der Waals surface area (Å²) in [6.45, 7) is 8.69. The van der Waals surface area contributed by atoms with E-state index in [9.17, 15) is 22.8 Å². The molecule has 2 aromatic heterocycles. The Labute approximate surface area is 267 Å². The Balaban J connectivity index is 1.20. The third-order valence-electron chi connectivity index (χ3n) is 8.22. The summed E-state index contributed by atoms with van der Waals surface area (Å²) in [5.41, 5.74) is -0.280. The molecule has 1 saturated carbocycles. The number of nitrogens with one attached hydrogen (secondary N) is 2. The van der Waals surface area contributed by atoms with Crippen molar-refractivity contribution in [1.29, 1.82) is 0 Å². The normalized spacial score (nSPS) is 16.3. The summed E-state index contributed by atoms with van der Waals surface area (Å²) in [7, 11) is 1.63. The molecule has 12 heteroatoms. The zero-order chi connectivity index (χ0) is 33.1. The third-order valence-corrected chi connectivity index (χ3v) is 8.22. The van der Waals surface area contributed by atoms with Gasteiger partial charge in [-0.3, -0.25) is 14.6 Å². The first-order chi connectivity index (χ1) is 21.8. The van der Waals surface area contributed by atoms with E-state index in [1.807, 2.05) is 20.8 Å². The first kappa shape index (κ1) is 33.4. The van der Waals surface area contributed by atoms with Crippen molar-refractivity contribution in [2.75, 3.05) is 38.6 Å². The van der Waals surface area contributed by atoms with E-state index in [0.717, 1.165) is 57.8 Å². The van der Waals surface area contributed by atoms with Crippen LogP contribution < -0.4 is 15.4 Å². The number of nitrogens with zero attached hydrogens (tertiary/aromatic N) is 3. The molecule has 1 aromatic carbocycles. The maximum Gasteiger partial charge on any atom is 0.417 e. The fraction of sp³-hybridized carbons (Fsp3) is 0.529. The van der Waals surface area contributed by atoms with Crippen molar-refractivity contribution in [2.45, 2.75) is 77.1 Å². The first-order valence-corrected chi connectivity index (χ1v) is 15.9. The average molecular weight is 642 g/mol. The number of amides is 1. The van der Waals surface area contributed by atoms with Gasteiger partial charge in [-0.25, -0.2) is 4.98 Å². The van der Waals surface area contributed by atoms with Crippen molar-refractivity contribution in [3.63, 3.8) is 0 Å². The molecule has 3 aromatic rings. The smallest absolute Gasteiger partial charge is 0.417 e. The number of carbonyl (C=O) groups is 2. The van der Waals surface area contributed by atoms with Crippen LogP contribution in [0.1, 0.15) is 75.2 Å². The fourth-order valence-electron chi connectivity index (χ4n) is 5.77. The zero-order valence-corrected chi connectivity index (χ0v) is 26.8. The Morgan fingerprint density at radius 2 is 1.76 bits per heavy atom. The summed E-state index contributed by atoms with van der Waals surface area (Å²) >= 11 is 0. The molecule has 1 aliphatic heterocycles. The summed E-state index contributed by atoms with van der Waals surface area (Å²) in [5, 5.41) is 6.30. The Hall–Kier alpha value is -3.93. The molecular weight excluding hydrogens is 599 g/mol. The number of carbonyl (C=O) groups excluding carboxylic acids is 2. The van der Waals surface area contributed by atoms with Crippen LogP contribution in [-0.2, 0) is 15.7 Å². The van der Waals surface area contributed by atoms with Gasteiger partial charge in [-0.05, 0) is 95.6 Å². The van der Waals surface area contributed by atoms with Gasteiger partial charge in [0.25, 0.3) is 5.91 Å². The molecule has 2 N–H and O–H groups in total. The van der Waals surface area contributed by atoms with Crippen molar-refractivity contribution in [1.82, 2.24) is 20.2 Å². The van der Waals surface area contributed by atoms with Gasteiger partial charge in [0.15, 0.2) is 0 Å². The van der Waals surface area contributed by atoms with E-state index < -0.39 is 17.3 Å². The molecule has 1 amide bonds. The number of hydrogen-bond acceptors (Lipinski definition) is 8. The molecule has 46 heavy (non-hydrogen) atoms. The van der Waals surface area contributed by atoms with Crippen molar-refractivity contribution in [2.24, 2.45) is 5.92 Å². The van der Waals surface area contributed by atoms with Gasteiger partial charge in [0, 0.05) is 55.5 Å². The number of esters is 1. The Kier molecular flexibility index (Phi) is 10.0. The molecule has 0 spiro atoms. The minimum Gasteiger partial charge on any atom is -0.478 e. The summed E-state index contributed by atoms with van der Waals surface area (Å²) < 4.78 is 53.9. The van der Waals surface area contributed by atoms with Crippen molar-refractivity contribution in [3.8, 4) is 17.0 Å². The minimum atomic E-state index is -4.63. The van der Waals surface area contributed by atoms with Gasteiger partial charge in [0.05, 0.1) is 28.9 Å². The van der Waals surface area contributed by atoms with Gasteiger partial charge in [-0.2, -0.15) is 13.2 Å². The minimum absolute atomic E-state index is 0.0628. The molecule has 9 nitrogen and oxygen atoms in total. The van der Waals surface area contributed by atoms with E-state index in [1.54, 1.807) is 19.2 Å². The molecule has 1 saturated heterocycles. The highest BCUT2D eigenvalue weighted by molar-refractivity contribution is 6.08. The van der Waals surface area contributed by atoms with E-state index in [0.29, 0.717) is 35.9 Å². The van der Waals surface area contributed by atoms with E-state index in [-0.39, 0.29) is 40.1 Å². The van der Waals surface area contributed by atoms with Crippen molar-refractivity contribution in [3.05, 3.63) is 47.8 Å². The second kappa shape index (κ2) is 13.8. The number of aromatic nitrogens is 2. The van der Waals surface area contributed by atoms with Gasteiger partial charge < -0.3 is 25.0 Å². The number of hydrogen-bond donors (Lipinski definition) is 2. The van der Waals surface area contributed by atoms with Gasteiger partial charge in [0.2, 0.25) is 5.88 Å². The molecular formula is C34H42F3N5O4. The Morgan fingerprint density at radius 1 is 1.02 bits per heavy atom. The average Bonchev–Trinajstić information content (AvgIpc) is 3.81. The predicted molar refractivity (Wildman–Crippen MR) is 170 cm³/mol. The molecule has 2 fully saturated rings.